The van der Waals surface area contributed by atoms with Crippen molar-refractivity contribution in [3.05, 3.63) is 95.6 Å². The maximum atomic E-state index is 13.1. The van der Waals surface area contributed by atoms with Crippen molar-refractivity contribution in [3.8, 4) is 5.75 Å². The van der Waals surface area contributed by atoms with Gasteiger partial charge in [0.15, 0.2) is 0 Å². The summed E-state index contributed by atoms with van der Waals surface area (Å²) in [6.07, 6.45) is -0.547. The Bertz CT molecular complexity index is 987. The van der Waals surface area contributed by atoms with E-state index in [0.29, 0.717) is 16.8 Å². The van der Waals surface area contributed by atoms with Crippen LogP contribution in [0, 0.1) is 0 Å². The van der Waals surface area contributed by atoms with Crippen LogP contribution in [0.2, 0.25) is 0 Å². The molecule has 0 radical (unpaired) electrons. The first kappa shape index (κ1) is 16.7. The summed E-state index contributed by atoms with van der Waals surface area (Å²) in [5.74, 6) is -0.672. The maximum absolute atomic E-state index is 13.1. The SMILES string of the molecule is O=C(NN1C(=O)c2ccccc2NC1c1ccccc1)c1ccc(O)cc1. The average Bonchev–Trinajstić information content (AvgIpc) is 2.71. The van der Waals surface area contributed by atoms with Gasteiger partial charge in [-0.15, -0.1) is 0 Å². The number of nitrogens with zero attached hydrogens (tertiary/aromatic N) is 1. The highest BCUT2D eigenvalue weighted by Gasteiger charge is 2.34. The number of fused-ring (bicyclic) bond motifs is 1. The molecule has 2 amide bonds. The molecule has 3 aromatic carbocycles. The van der Waals surface area contributed by atoms with Gasteiger partial charge in [0.05, 0.1) is 5.56 Å². The van der Waals surface area contributed by atoms with Gasteiger partial charge >= 0.3 is 0 Å². The van der Waals surface area contributed by atoms with Crippen LogP contribution < -0.4 is 10.7 Å². The van der Waals surface area contributed by atoms with Crippen LogP contribution in [-0.4, -0.2) is 21.9 Å². The molecule has 3 N–H and O–H groups in total. The van der Waals surface area contributed by atoms with Crippen molar-refractivity contribution in [1.82, 2.24) is 10.4 Å². The molecule has 0 bridgehead atoms. The molecular weight excluding hydrogens is 342 g/mol. The zero-order valence-corrected chi connectivity index (χ0v) is 14.3. The average molecular weight is 359 g/mol. The number of phenolic OH excluding ortho intramolecular Hbond substituents is 1. The largest absolute Gasteiger partial charge is 0.508 e. The minimum Gasteiger partial charge on any atom is -0.508 e. The van der Waals surface area contributed by atoms with Crippen molar-refractivity contribution in [2.24, 2.45) is 0 Å². The van der Waals surface area contributed by atoms with Gasteiger partial charge < -0.3 is 10.4 Å². The Balaban J connectivity index is 1.69. The Morgan fingerprint density at radius 1 is 0.926 bits per heavy atom. The fraction of sp³-hybridized carbons (Fsp3) is 0.0476. The topological polar surface area (TPSA) is 81.7 Å². The first-order valence-corrected chi connectivity index (χ1v) is 8.47. The molecule has 3 aromatic rings. The lowest BCUT2D eigenvalue weighted by atomic mass is 10.0. The highest BCUT2D eigenvalue weighted by molar-refractivity contribution is 6.04. The van der Waals surface area contributed by atoms with E-state index in [2.05, 4.69) is 10.7 Å². The van der Waals surface area contributed by atoms with Crippen LogP contribution in [0.5, 0.6) is 5.75 Å². The molecule has 0 fully saturated rings. The normalized spacial score (nSPS) is 15.6. The number of carbonyl (C=O) groups excluding carboxylic acids is 2. The van der Waals surface area contributed by atoms with Crippen LogP contribution >= 0.6 is 0 Å². The van der Waals surface area contributed by atoms with Crippen LogP contribution in [-0.2, 0) is 0 Å². The van der Waals surface area contributed by atoms with Gasteiger partial charge in [0.2, 0.25) is 0 Å². The lowest BCUT2D eigenvalue weighted by molar-refractivity contribution is 0.0491. The molecule has 27 heavy (non-hydrogen) atoms. The summed E-state index contributed by atoms with van der Waals surface area (Å²) in [4.78, 5) is 25.7. The zero-order valence-electron chi connectivity index (χ0n) is 14.3. The third kappa shape index (κ3) is 3.20. The third-order valence-corrected chi connectivity index (χ3v) is 4.39. The van der Waals surface area contributed by atoms with Crippen LogP contribution in [0.15, 0.2) is 78.9 Å². The number of anilines is 1. The van der Waals surface area contributed by atoms with E-state index >= 15 is 0 Å². The fourth-order valence-corrected chi connectivity index (χ4v) is 3.02. The first-order chi connectivity index (χ1) is 13.1. The van der Waals surface area contributed by atoms with E-state index < -0.39 is 12.1 Å². The predicted molar refractivity (Wildman–Crippen MR) is 101 cm³/mol. The maximum Gasteiger partial charge on any atom is 0.276 e. The number of carbonyl (C=O) groups is 2. The van der Waals surface area contributed by atoms with Crippen molar-refractivity contribution >= 4 is 17.5 Å². The smallest absolute Gasteiger partial charge is 0.276 e. The summed E-state index contributed by atoms with van der Waals surface area (Å²) in [6, 6.07) is 22.4. The molecule has 4 rings (SSSR count). The summed E-state index contributed by atoms with van der Waals surface area (Å²) in [7, 11) is 0. The van der Waals surface area contributed by atoms with Gasteiger partial charge in [0, 0.05) is 11.3 Å². The molecule has 0 spiro atoms. The molecule has 1 atom stereocenters. The number of phenols is 1. The number of para-hydroxylation sites is 1. The highest BCUT2D eigenvalue weighted by Crippen LogP contribution is 2.31. The van der Waals surface area contributed by atoms with Crippen LogP contribution in [0.4, 0.5) is 5.69 Å². The van der Waals surface area contributed by atoms with Gasteiger partial charge in [0.25, 0.3) is 11.8 Å². The van der Waals surface area contributed by atoms with Crippen LogP contribution in [0.1, 0.15) is 32.4 Å². The molecule has 6 nitrogen and oxygen atoms in total. The summed E-state index contributed by atoms with van der Waals surface area (Å²) in [5.41, 5.74) is 5.07. The molecule has 6 heteroatoms. The monoisotopic (exact) mass is 359 g/mol. The summed E-state index contributed by atoms with van der Waals surface area (Å²) in [6.45, 7) is 0. The summed E-state index contributed by atoms with van der Waals surface area (Å²) in [5, 5.41) is 14.0. The minimum absolute atomic E-state index is 0.0679. The van der Waals surface area contributed by atoms with Gasteiger partial charge in [-0.3, -0.25) is 15.0 Å². The second-order valence-electron chi connectivity index (χ2n) is 6.17. The van der Waals surface area contributed by atoms with E-state index in [1.165, 1.54) is 29.3 Å². The second-order valence-corrected chi connectivity index (χ2v) is 6.17. The Morgan fingerprint density at radius 2 is 1.59 bits per heavy atom. The predicted octanol–water partition coefficient (Wildman–Crippen LogP) is 3.30. The summed E-state index contributed by atoms with van der Waals surface area (Å²) >= 11 is 0. The number of hydrogen-bond acceptors (Lipinski definition) is 4. The van der Waals surface area contributed by atoms with E-state index in [1.807, 2.05) is 42.5 Å². The number of hydrazine groups is 1. The number of aromatic hydroxyl groups is 1. The Kier molecular flexibility index (Phi) is 4.22. The molecule has 0 saturated heterocycles. The minimum atomic E-state index is -0.547. The highest BCUT2D eigenvalue weighted by atomic mass is 16.3. The fourth-order valence-electron chi connectivity index (χ4n) is 3.02. The van der Waals surface area contributed by atoms with E-state index in [4.69, 9.17) is 0 Å². The number of hydrogen-bond donors (Lipinski definition) is 3. The third-order valence-electron chi connectivity index (χ3n) is 4.39. The molecule has 1 heterocycles. The Labute approximate surface area is 156 Å². The van der Waals surface area contributed by atoms with E-state index in [0.717, 1.165) is 5.56 Å². The summed E-state index contributed by atoms with van der Waals surface area (Å²) < 4.78 is 0. The van der Waals surface area contributed by atoms with Crippen LogP contribution in [0.3, 0.4) is 0 Å². The van der Waals surface area contributed by atoms with Crippen LogP contribution in [0.25, 0.3) is 0 Å². The van der Waals surface area contributed by atoms with Crippen molar-refractivity contribution in [1.29, 1.82) is 0 Å². The standard InChI is InChI=1S/C21H17N3O3/c25-16-12-10-15(11-13-16)20(26)23-24-19(14-6-2-1-3-7-14)22-18-9-5-4-8-17(18)21(24)27/h1-13,19,22,25H,(H,23,26). The number of rotatable bonds is 3. The molecule has 1 unspecified atom stereocenters. The first-order valence-electron chi connectivity index (χ1n) is 8.47. The van der Waals surface area contributed by atoms with Crippen molar-refractivity contribution in [3.63, 3.8) is 0 Å². The van der Waals surface area contributed by atoms with E-state index in [-0.39, 0.29) is 11.7 Å². The molecule has 0 aromatic heterocycles. The number of nitrogens with one attached hydrogen (secondary N) is 2. The van der Waals surface area contributed by atoms with Crippen molar-refractivity contribution in [2.75, 3.05) is 5.32 Å². The zero-order chi connectivity index (χ0) is 18.8. The molecule has 0 saturated carbocycles. The molecule has 0 aliphatic carbocycles. The van der Waals surface area contributed by atoms with Gasteiger partial charge in [-0.25, -0.2) is 5.01 Å². The quantitative estimate of drug-likeness (QED) is 0.670. The van der Waals surface area contributed by atoms with Gasteiger partial charge in [-0.1, -0.05) is 42.5 Å². The van der Waals surface area contributed by atoms with Gasteiger partial charge in [-0.05, 0) is 42.0 Å². The lowest BCUT2D eigenvalue weighted by Gasteiger charge is -2.37. The second kappa shape index (κ2) is 6.84. The van der Waals surface area contributed by atoms with E-state index in [1.54, 1.807) is 12.1 Å². The molecule has 134 valence electrons. The number of amides is 2. The van der Waals surface area contributed by atoms with Gasteiger partial charge in [-0.2, -0.15) is 0 Å². The molecule has 1 aliphatic heterocycles. The van der Waals surface area contributed by atoms with Crippen molar-refractivity contribution < 1.29 is 14.7 Å². The van der Waals surface area contributed by atoms with Gasteiger partial charge in [0.1, 0.15) is 11.9 Å². The van der Waals surface area contributed by atoms with Crippen molar-refractivity contribution in [2.45, 2.75) is 6.17 Å². The molecular formula is C21H17N3O3. The molecule has 1 aliphatic rings. The Morgan fingerprint density at radius 3 is 2.33 bits per heavy atom. The Hall–Kier alpha value is -3.80. The van der Waals surface area contributed by atoms with E-state index in [9.17, 15) is 14.7 Å². The lowest BCUT2D eigenvalue weighted by Crippen LogP contribution is -2.52. The number of benzene rings is 3.